The van der Waals surface area contributed by atoms with Gasteiger partial charge in [0.2, 0.25) is 0 Å². The Kier molecular flexibility index (Phi) is 54.9. The number of rotatable bonds is 58. The fourth-order valence-electron chi connectivity index (χ4n) is 7.83. The van der Waals surface area contributed by atoms with E-state index in [9.17, 15) is 43.5 Å². The van der Waals surface area contributed by atoms with Crippen molar-refractivity contribution in [3.05, 3.63) is 85.1 Å². The molecule has 0 saturated carbocycles. The summed E-state index contributed by atoms with van der Waals surface area (Å²) in [6.07, 6.45) is 58.0. The Balaban J connectivity index is 4.73. The van der Waals surface area contributed by atoms with Crippen LogP contribution in [0.15, 0.2) is 85.1 Å². The van der Waals surface area contributed by atoms with Crippen LogP contribution < -0.4 is 0 Å². The van der Waals surface area contributed by atoms with Crippen molar-refractivity contribution >= 4 is 33.6 Å². The van der Waals surface area contributed by atoms with Gasteiger partial charge in [-0.15, -0.1) is 0 Å². The molecule has 81 heavy (non-hydrogen) atoms. The highest BCUT2D eigenvalue weighted by Gasteiger charge is 2.29. The minimum atomic E-state index is -4.92. The summed E-state index contributed by atoms with van der Waals surface area (Å²) in [4.78, 5) is 58.1. The van der Waals surface area contributed by atoms with Crippen LogP contribution in [0.5, 0.6) is 0 Å². The summed E-state index contributed by atoms with van der Waals surface area (Å²) < 4.78 is 60.6. The fourth-order valence-corrected chi connectivity index (χ4v) is 9.41. The molecule has 5 unspecified atom stereocenters. The van der Waals surface area contributed by atoms with Gasteiger partial charge in [-0.25, -0.2) is 9.13 Å². The number of carbonyl (C=O) groups is 3. The maximum atomic E-state index is 12.9. The molecule has 0 aliphatic rings. The Morgan fingerprint density at radius 1 is 0.358 bits per heavy atom. The average Bonchev–Trinajstić information content (AvgIpc) is 3.44. The molecule has 0 heterocycles. The number of phosphoric ester groups is 2. The second-order valence-electron chi connectivity index (χ2n) is 20.5. The lowest BCUT2D eigenvalue weighted by atomic mass is 10.1. The summed E-state index contributed by atoms with van der Waals surface area (Å²) in [7, 11) is -9.78. The van der Waals surface area contributed by atoms with Crippen LogP contribution in [0, 0.1) is 0 Å². The third kappa shape index (κ3) is 58.3. The summed E-state index contributed by atoms with van der Waals surface area (Å²) in [6.45, 7) is 2.43. The zero-order valence-corrected chi connectivity index (χ0v) is 52.0. The summed E-state index contributed by atoms with van der Waals surface area (Å²) in [6, 6.07) is 0. The highest BCUT2D eigenvalue weighted by atomic mass is 31.2. The lowest BCUT2D eigenvalue weighted by molar-refractivity contribution is -0.161. The normalized spacial score (nSPS) is 15.0. The van der Waals surface area contributed by atoms with E-state index >= 15 is 0 Å². The summed E-state index contributed by atoms with van der Waals surface area (Å²) >= 11 is 0. The van der Waals surface area contributed by atoms with E-state index in [-0.39, 0.29) is 19.3 Å². The zero-order chi connectivity index (χ0) is 59.6. The van der Waals surface area contributed by atoms with Crippen molar-refractivity contribution in [3.63, 3.8) is 0 Å². The quantitative estimate of drug-likeness (QED) is 0.0146. The van der Waals surface area contributed by atoms with Crippen molar-refractivity contribution in [2.24, 2.45) is 0 Å². The number of phosphoric acid groups is 2. The van der Waals surface area contributed by atoms with Gasteiger partial charge in [-0.05, 0) is 109 Å². The number of esters is 3. The topological polar surface area (TPSA) is 231 Å². The predicted molar refractivity (Wildman–Crippen MR) is 325 cm³/mol. The molecule has 0 saturated heterocycles. The standard InChI is InChI=1S/C63H110O16P2/c1-4-7-10-13-16-19-22-25-27-28-30-33-34-37-40-43-46-49-61(66)73-52-58(64)53-75-80(69,70)76-54-59(65)55-77-81(71,72)78-57-60(79-63(68)51-48-45-42-39-36-31-24-21-18-15-12-9-6-3)56-74-62(67)50-47-44-41-38-35-32-29-26-23-20-17-14-11-8-5-2/h7,10,16,19,21,24-27,29-30,33,37,40,58-60,64-65H,4-6,8-9,11-15,17-18,20,22-23,28,31-32,34-36,38-39,41-57H2,1-3H3,(H,69,70)(H,71,72)/b10-7-,19-16-,24-21-,27-25-,29-26-,33-30-,40-37-. The lowest BCUT2D eigenvalue weighted by Crippen LogP contribution is -2.30. The van der Waals surface area contributed by atoms with Crippen LogP contribution in [0.25, 0.3) is 0 Å². The molecule has 0 bridgehead atoms. The van der Waals surface area contributed by atoms with Gasteiger partial charge in [0, 0.05) is 19.3 Å². The van der Waals surface area contributed by atoms with E-state index in [1.54, 1.807) is 0 Å². The summed E-state index contributed by atoms with van der Waals surface area (Å²) in [5.41, 5.74) is 0. The van der Waals surface area contributed by atoms with E-state index in [4.69, 9.17) is 32.3 Å². The number of allylic oxidation sites excluding steroid dienone is 14. The van der Waals surface area contributed by atoms with E-state index < -0.39 is 91.5 Å². The van der Waals surface area contributed by atoms with Crippen LogP contribution in [-0.4, -0.2) is 95.9 Å². The monoisotopic (exact) mass is 1180 g/mol. The second-order valence-corrected chi connectivity index (χ2v) is 23.4. The first-order valence-electron chi connectivity index (χ1n) is 30.9. The first kappa shape index (κ1) is 77.7. The van der Waals surface area contributed by atoms with Crippen molar-refractivity contribution in [1.82, 2.24) is 0 Å². The Hall–Kier alpha value is -3.27. The minimum Gasteiger partial charge on any atom is -0.463 e. The third-order valence-electron chi connectivity index (χ3n) is 12.6. The SMILES string of the molecule is CC/C=C\C/C=C\C/C=C\C/C=C\C/C=C\CCCC(=O)OCC(O)COP(=O)(O)OCC(O)COP(=O)(O)OCC(COC(=O)CCCCCCC/C=C\CCCCCCCC)OC(=O)CCCCCCC/C=C\CCCCCC. The Morgan fingerprint density at radius 3 is 1.11 bits per heavy atom. The molecule has 0 aromatic heterocycles. The average molecular weight is 1190 g/mol. The second kappa shape index (κ2) is 57.2. The number of unbranched alkanes of at least 4 members (excludes halogenated alkanes) is 21. The Labute approximate surface area is 489 Å². The van der Waals surface area contributed by atoms with E-state index in [2.05, 4.69) is 93.7 Å². The van der Waals surface area contributed by atoms with Gasteiger partial charge in [-0.3, -0.25) is 32.5 Å². The summed E-state index contributed by atoms with van der Waals surface area (Å²) in [5, 5.41) is 20.4. The molecule has 0 fully saturated rings. The van der Waals surface area contributed by atoms with E-state index in [0.29, 0.717) is 25.7 Å². The number of aliphatic hydroxyl groups excluding tert-OH is 2. The van der Waals surface area contributed by atoms with Crippen molar-refractivity contribution in [2.45, 2.75) is 257 Å². The highest BCUT2D eigenvalue weighted by molar-refractivity contribution is 7.47. The van der Waals surface area contributed by atoms with Crippen LogP contribution in [0.1, 0.15) is 239 Å². The maximum Gasteiger partial charge on any atom is 0.472 e. The zero-order valence-electron chi connectivity index (χ0n) is 50.2. The van der Waals surface area contributed by atoms with Gasteiger partial charge in [0.1, 0.15) is 25.4 Å². The Morgan fingerprint density at radius 2 is 0.667 bits per heavy atom. The molecule has 0 aliphatic carbocycles. The predicted octanol–water partition coefficient (Wildman–Crippen LogP) is 16.2. The molecule has 0 aromatic rings. The van der Waals surface area contributed by atoms with Crippen LogP contribution in [-0.2, 0) is 55.8 Å². The molecule has 18 heteroatoms. The molecule has 0 rings (SSSR count). The molecular formula is C63H110O16P2. The van der Waals surface area contributed by atoms with Crippen LogP contribution >= 0.6 is 15.6 Å². The van der Waals surface area contributed by atoms with Crippen molar-refractivity contribution in [3.8, 4) is 0 Å². The van der Waals surface area contributed by atoms with Crippen LogP contribution in [0.2, 0.25) is 0 Å². The van der Waals surface area contributed by atoms with E-state index in [0.717, 1.165) is 109 Å². The van der Waals surface area contributed by atoms with Gasteiger partial charge in [0.25, 0.3) is 0 Å². The minimum absolute atomic E-state index is 0.0921. The molecule has 4 N–H and O–H groups in total. The van der Waals surface area contributed by atoms with Gasteiger partial charge in [-0.2, -0.15) is 0 Å². The molecular weight excluding hydrogens is 1070 g/mol. The van der Waals surface area contributed by atoms with Gasteiger partial charge >= 0.3 is 33.6 Å². The van der Waals surface area contributed by atoms with Gasteiger partial charge in [-0.1, -0.05) is 196 Å². The number of hydrogen-bond donors (Lipinski definition) is 4. The van der Waals surface area contributed by atoms with Crippen molar-refractivity contribution in [1.29, 1.82) is 0 Å². The maximum absolute atomic E-state index is 12.9. The van der Waals surface area contributed by atoms with Crippen molar-refractivity contribution in [2.75, 3.05) is 39.6 Å². The fraction of sp³-hybridized carbons (Fsp3) is 0.730. The Bertz CT molecular complexity index is 1830. The number of hydrogen-bond acceptors (Lipinski definition) is 14. The van der Waals surface area contributed by atoms with Crippen LogP contribution in [0.3, 0.4) is 0 Å². The van der Waals surface area contributed by atoms with Crippen LogP contribution in [0.4, 0.5) is 0 Å². The first-order valence-corrected chi connectivity index (χ1v) is 33.9. The smallest absolute Gasteiger partial charge is 0.463 e. The number of carbonyl (C=O) groups excluding carboxylic acids is 3. The number of ether oxygens (including phenoxy) is 3. The molecule has 0 aliphatic heterocycles. The van der Waals surface area contributed by atoms with Crippen molar-refractivity contribution < 1.29 is 75.8 Å². The molecule has 0 spiro atoms. The first-order chi connectivity index (χ1) is 39.2. The van der Waals surface area contributed by atoms with Gasteiger partial charge in [0.05, 0.1) is 26.4 Å². The highest BCUT2D eigenvalue weighted by Crippen LogP contribution is 2.45. The third-order valence-corrected chi connectivity index (χ3v) is 14.5. The molecule has 0 aromatic carbocycles. The largest absolute Gasteiger partial charge is 0.472 e. The summed E-state index contributed by atoms with van der Waals surface area (Å²) in [5.74, 6) is -1.65. The molecule has 0 amide bonds. The molecule has 0 radical (unpaired) electrons. The molecule has 468 valence electrons. The lowest BCUT2D eigenvalue weighted by Gasteiger charge is -2.21. The number of aliphatic hydroxyl groups is 2. The van der Waals surface area contributed by atoms with E-state index in [1.165, 1.54) is 64.2 Å². The van der Waals surface area contributed by atoms with Gasteiger partial charge in [0.15, 0.2) is 6.10 Å². The van der Waals surface area contributed by atoms with E-state index in [1.807, 2.05) is 12.2 Å². The molecule has 16 nitrogen and oxygen atoms in total. The molecule has 5 atom stereocenters. The van der Waals surface area contributed by atoms with Gasteiger partial charge < -0.3 is 34.2 Å².